The zero-order valence-corrected chi connectivity index (χ0v) is 18.1. The van der Waals surface area contributed by atoms with Gasteiger partial charge in [0.15, 0.2) is 0 Å². The Morgan fingerprint density at radius 2 is 1.72 bits per heavy atom. The third kappa shape index (κ3) is 5.25. The van der Waals surface area contributed by atoms with Gasteiger partial charge in [-0.2, -0.15) is 5.10 Å². The van der Waals surface area contributed by atoms with Crippen LogP contribution in [0.15, 0.2) is 48.5 Å². The molecule has 3 aromatic rings. The van der Waals surface area contributed by atoms with E-state index in [9.17, 15) is 4.79 Å². The number of aromatic nitrogens is 2. The predicted octanol–water partition coefficient (Wildman–Crippen LogP) is 4.58. The van der Waals surface area contributed by atoms with E-state index in [0.29, 0.717) is 18.2 Å². The first-order chi connectivity index (χ1) is 13.8. The van der Waals surface area contributed by atoms with Gasteiger partial charge >= 0.3 is 0 Å². The summed E-state index contributed by atoms with van der Waals surface area (Å²) in [5.41, 5.74) is 5.97. The minimum atomic E-state index is -0.0460. The number of halogens is 1. The van der Waals surface area contributed by atoms with E-state index in [-0.39, 0.29) is 12.5 Å². The van der Waals surface area contributed by atoms with Crippen molar-refractivity contribution in [3.63, 3.8) is 0 Å². The molecule has 0 aliphatic heterocycles. The summed E-state index contributed by atoms with van der Waals surface area (Å²) in [7, 11) is 1.91. The van der Waals surface area contributed by atoms with Crippen molar-refractivity contribution in [3.05, 3.63) is 81.6 Å². The number of para-hydroxylation sites is 1. The molecule has 1 N–H and O–H groups in total. The quantitative estimate of drug-likeness (QED) is 0.620. The lowest BCUT2D eigenvalue weighted by Crippen LogP contribution is -2.30. The largest absolute Gasteiger partial charge is 0.324 e. The van der Waals surface area contributed by atoms with Gasteiger partial charge in [0, 0.05) is 17.8 Å². The van der Waals surface area contributed by atoms with Crippen molar-refractivity contribution in [1.82, 2.24) is 14.7 Å². The van der Waals surface area contributed by atoms with Gasteiger partial charge in [-0.1, -0.05) is 60.1 Å². The summed E-state index contributed by atoms with van der Waals surface area (Å²) in [4.78, 5) is 14.5. The van der Waals surface area contributed by atoms with Crippen LogP contribution >= 0.6 is 11.6 Å². The van der Waals surface area contributed by atoms with E-state index in [1.165, 1.54) is 0 Å². The number of hydrogen-bond donors (Lipinski definition) is 1. The van der Waals surface area contributed by atoms with Crippen LogP contribution in [0, 0.1) is 20.8 Å². The Balaban J connectivity index is 1.64. The fourth-order valence-electron chi connectivity index (χ4n) is 3.39. The van der Waals surface area contributed by atoms with Gasteiger partial charge in [0.25, 0.3) is 0 Å². The Morgan fingerprint density at radius 1 is 1.07 bits per heavy atom. The summed E-state index contributed by atoms with van der Waals surface area (Å²) in [6, 6.07) is 16.1. The van der Waals surface area contributed by atoms with E-state index < -0.39 is 0 Å². The minimum absolute atomic E-state index is 0.0460. The highest BCUT2D eigenvalue weighted by Gasteiger charge is 2.17. The van der Waals surface area contributed by atoms with E-state index in [4.69, 9.17) is 11.6 Å². The van der Waals surface area contributed by atoms with Crippen molar-refractivity contribution in [3.8, 4) is 0 Å². The van der Waals surface area contributed by atoms with Crippen molar-refractivity contribution in [1.29, 1.82) is 0 Å². The van der Waals surface area contributed by atoms with Crippen LogP contribution in [0.3, 0.4) is 0 Å². The third-order valence-electron chi connectivity index (χ3n) is 4.95. The molecule has 1 aromatic heterocycles. The molecule has 0 radical (unpaired) electrons. The number of likely N-dealkylation sites (N-methyl/N-ethyl adjacent to an activating group) is 1. The fraction of sp³-hybridized carbons (Fsp3) is 0.304. The molecule has 0 aliphatic rings. The van der Waals surface area contributed by atoms with Crippen LogP contribution < -0.4 is 5.32 Å². The second-order valence-corrected chi connectivity index (χ2v) is 7.84. The summed E-state index contributed by atoms with van der Waals surface area (Å²) in [5, 5.41) is 8.23. The maximum atomic E-state index is 12.5. The molecule has 0 aliphatic carbocycles. The van der Waals surface area contributed by atoms with E-state index in [1.807, 2.05) is 73.8 Å². The first-order valence-electron chi connectivity index (χ1n) is 9.65. The maximum Gasteiger partial charge on any atom is 0.238 e. The minimum Gasteiger partial charge on any atom is -0.324 e. The zero-order chi connectivity index (χ0) is 21.0. The third-order valence-corrected chi connectivity index (χ3v) is 5.37. The SMILES string of the molecule is Cc1cccc(C)c1NC(=O)CN(C)Cc1c(C)nn(Cc2ccccc2)c1Cl. The molecule has 0 bridgehead atoms. The smallest absolute Gasteiger partial charge is 0.238 e. The Kier molecular flexibility index (Phi) is 6.72. The van der Waals surface area contributed by atoms with Crippen LogP contribution in [-0.4, -0.2) is 34.2 Å². The molecule has 0 fully saturated rings. The topological polar surface area (TPSA) is 50.2 Å². The monoisotopic (exact) mass is 410 g/mol. The van der Waals surface area contributed by atoms with Gasteiger partial charge in [0.1, 0.15) is 5.15 Å². The van der Waals surface area contributed by atoms with Crippen molar-refractivity contribution < 1.29 is 4.79 Å². The maximum absolute atomic E-state index is 12.5. The average Bonchev–Trinajstić information content (AvgIpc) is 2.93. The lowest BCUT2D eigenvalue weighted by atomic mass is 10.1. The second kappa shape index (κ2) is 9.25. The van der Waals surface area contributed by atoms with Gasteiger partial charge in [-0.05, 0) is 44.5 Å². The van der Waals surface area contributed by atoms with Crippen molar-refractivity contribution in [2.24, 2.45) is 0 Å². The van der Waals surface area contributed by atoms with Crippen LogP contribution in [0.5, 0.6) is 0 Å². The van der Waals surface area contributed by atoms with Gasteiger partial charge in [-0.25, -0.2) is 4.68 Å². The molecular weight excluding hydrogens is 384 g/mol. The first-order valence-corrected chi connectivity index (χ1v) is 10.0. The van der Waals surface area contributed by atoms with Crippen LogP contribution in [0.2, 0.25) is 5.15 Å². The second-order valence-electron chi connectivity index (χ2n) is 7.49. The highest BCUT2D eigenvalue weighted by Crippen LogP contribution is 2.23. The molecular formula is C23H27ClN4O. The first kappa shape index (κ1) is 21.1. The summed E-state index contributed by atoms with van der Waals surface area (Å²) in [6.07, 6.45) is 0. The van der Waals surface area contributed by atoms with E-state index in [0.717, 1.165) is 33.6 Å². The molecule has 0 spiro atoms. The summed E-state index contributed by atoms with van der Waals surface area (Å²) in [5.74, 6) is -0.0460. The summed E-state index contributed by atoms with van der Waals surface area (Å²) < 4.78 is 1.81. The van der Waals surface area contributed by atoms with E-state index >= 15 is 0 Å². The summed E-state index contributed by atoms with van der Waals surface area (Å²) in [6.45, 7) is 7.39. The molecule has 5 nitrogen and oxygen atoms in total. The van der Waals surface area contributed by atoms with Crippen molar-refractivity contribution in [2.75, 3.05) is 18.9 Å². The molecule has 0 saturated carbocycles. The standard InChI is InChI=1S/C23H27ClN4O/c1-16-9-8-10-17(2)22(16)25-21(29)15-27(4)14-20-18(3)26-28(23(20)24)13-19-11-6-5-7-12-19/h5-12H,13-15H2,1-4H3,(H,25,29). The van der Waals surface area contributed by atoms with Gasteiger partial charge < -0.3 is 5.32 Å². The molecule has 2 aromatic carbocycles. The molecule has 152 valence electrons. The van der Waals surface area contributed by atoms with E-state index in [2.05, 4.69) is 22.5 Å². The molecule has 0 unspecified atom stereocenters. The Bertz CT molecular complexity index is 977. The van der Waals surface area contributed by atoms with Crippen molar-refractivity contribution in [2.45, 2.75) is 33.9 Å². The number of nitrogens with zero attached hydrogens (tertiary/aromatic N) is 3. The molecule has 29 heavy (non-hydrogen) atoms. The molecule has 0 atom stereocenters. The van der Waals surface area contributed by atoms with Crippen LogP contribution in [-0.2, 0) is 17.9 Å². The van der Waals surface area contributed by atoms with Crippen LogP contribution in [0.25, 0.3) is 0 Å². The number of carbonyl (C=O) groups excluding carboxylic acids is 1. The molecule has 1 heterocycles. The number of carbonyl (C=O) groups is 1. The number of aryl methyl sites for hydroxylation is 3. The average molecular weight is 411 g/mol. The van der Waals surface area contributed by atoms with E-state index in [1.54, 1.807) is 0 Å². The number of anilines is 1. The number of benzene rings is 2. The molecule has 1 amide bonds. The predicted molar refractivity (Wildman–Crippen MR) is 118 cm³/mol. The van der Waals surface area contributed by atoms with Gasteiger partial charge in [0.2, 0.25) is 5.91 Å². The molecule has 0 saturated heterocycles. The Morgan fingerprint density at radius 3 is 2.38 bits per heavy atom. The Hall–Kier alpha value is -2.63. The fourth-order valence-corrected chi connectivity index (χ4v) is 3.69. The number of nitrogens with one attached hydrogen (secondary N) is 1. The van der Waals surface area contributed by atoms with Crippen molar-refractivity contribution >= 4 is 23.2 Å². The number of hydrogen-bond acceptors (Lipinski definition) is 3. The molecule has 3 rings (SSSR count). The highest BCUT2D eigenvalue weighted by molar-refractivity contribution is 6.30. The lowest BCUT2D eigenvalue weighted by molar-refractivity contribution is -0.117. The van der Waals surface area contributed by atoms with Gasteiger partial charge in [-0.15, -0.1) is 0 Å². The Labute approximate surface area is 177 Å². The van der Waals surface area contributed by atoms with Crippen LogP contribution in [0.1, 0.15) is 27.9 Å². The summed E-state index contributed by atoms with van der Waals surface area (Å²) >= 11 is 6.60. The van der Waals surface area contributed by atoms with Gasteiger partial charge in [-0.3, -0.25) is 9.69 Å². The number of amides is 1. The number of rotatable bonds is 7. The zero-order valence-electron chi connectivity index (χ0n) is 17.4. The lowest BCUT2D eigenvalue weighted by Gasteiger charge is -2.18. The molecule has 6 heteroatoms. The van der Waals surface area contributed by atoms with Crippen LogP contribution in [0.4, 0.5) is 5.69 Å². The highest BCUT2D eigenvalue weighted by atomic mass is 35.5. The normalized spacial score (nSPS) is 11.1. The van der Waals surface area contributed by atoms with Gasteiger partial charge in [0.05, 0.1) is 18.8 Å².